The van der Waals surface area contributed by atoms with E-state index in [1.807, 2.05) is 0 Å². The molecular formula is C12H24. The zero-order valence-corrected chi connectivity index (χ0v) is 9.19. The Bertz CT molecular complexity index is 122. The van der Waals surface area contributed by atoms with E-state index in [0.717, 1.165) is 5.92 Å². The standard InChI is InChI=1S/C12H24/c1-5-7-9-11(3)12(4)10-8-6-2/h9,12H,5-8,10H2,1-4H3. The number of rotatable bonds is 6. The van der Waals surface area contributed by atoms with Crippen LogP contribution in [-0.2, 0) is 0 Å². The molecule has 0 saturated carbocycles. The van der Waals surface area contributed by atoms with Crippen molar-refractivity contribution in [2.24, 2.45) is 5.92 Å². The van der Waals surface area contributed by atoms with E-state index in [9.17, 15) is 0 Å². The lowest BCUT2D eigenvalue weighted by molar-refractivity contribution is 0.569. The molecule has 0 spiro atoms. The fourth-order valence-electron chi connectivity index (χ4n) is 1.31. The van der Waals surface area contributed by atoms with Crippen LogP contribution in [0.1, 0.15) is 59.8 Å². The van der Waals surface area contributed by atoms with Gasteiger partial charge >= 0.3 is 0 Å². The second-order valence-electron chi connectivity index (χ2n) is 3.78. The summed E-state index contributed by atoms with van der Waals surface area (Å²) < 4.78 is 0. The van der Waals surface area contributed by atoms with Gasteiger partial charge in [0, 0.05) is 0 Å². The van der Waals surface area contributed by atoms with Crippen LogP contribution in [0.25, 0.3) is 0 Å². The molecule has 1 unspecified atom stereocenters. The first kappa shape index (κ1) is 11.7. The predicted molar refractivity (Wildman–Crippen MR) is 57.4 cm³/mol. The number of unbranched alkanes of at least 4 members (excludes halogenated alkanes) is 2. The Kier molecular flexibility index (Phi) is 7.23. The van der Waals surface area contributed by atoms with Crippen LogP contribution >= 0.6 is 0 Å². The minimum absolute atomic E-state index is 0.802. The lowest BCUT2D eigenvalue weighted by Crippen LogP contribution is -1.95. The Morgan fingerprint density at radius 3 is 2.42 bits per heavy atom. The smallest absolute Gasteiger partial charge is 0.0234 e. The molecule has 0 aromatic heterocycles. The van der Waals surface area contributed by atoms with Gasteiger partial charge in [-0.05, 0) is 25.7 Å². The van der Waals surface area contributed by atoms with Crippen molar-refractivity contribution in [1.29, 1.82) is 0 Å². The third-order valence-corrected chi connectivity index (χ3v) is 2.52. The second kappa shape index (κ2) is 7.39. The molecule has 0 amide bonds. The highest BCUT2D eigenvalue weighted by atomic mass is 14.1. The first-order valence-electron chi connectivity index (χ1n) is 5.39. The van der Waals surface area contributed by atoms with E-state index in [1.54, 1.807) is 5.57 Å². The topological polar surface area (TPSA) is 0 Å². The molecule has 12 heavy (non-hydrogen) atoms. The lowest BCUT2D eigenvalue weighted by atomic mass is 9.95. The average Bonchev–Trinajstić information content (AvgIpc) is 2.10. The van der Waals surface area contributed by atoms with E-state index < -0.39 is 0 Å². The van der Waals surface area contributed by atoms with Crippen LogP contribution in [-0.4, -0.2) is 0 Å². The number of allylic oxidation sites excluding steroid dienone is 2. The first-order chi connectivity index (χ1) is 5.72. The van der Waals surface area contributed by atoms with E-state index in [1.165, 1.54) is 32.1 Å². The van der Waals surface area contributed by atoms with Gasteiger partial charge in [-0.3, -0.25) is 0 Å². The monoisotopic (exact) mass is 168 g/mol. The van der Waals surface area contributed by atoms with E-state index in [2.05, 4.69) is 33.8 Å². The van der Waals surface area contributed by atoms with Crippen LogP contribution in [0.3, 0.4) is 0 Å². The molecule has 0 rings (SSSR count). The van der Waals surface area contributed by atoms with Crippen molar-refractivity contribution in [3.05, 3.63) is 11.6 Å². The van der Waals surface area contributed by atoms with Gasteiger partial charge in [0.1, 0.15) is 0 Å². The summed E-state index contributed by atoms with van der Waals surface area (Å²) in [5.41, 5.74) is 1.59. The number of hydrogen-bond acceptors (Lipinski definition) is 0. The molecule has 0 heteroatoms. The zero-order valence-electron chi connectivity index (χ0n) is 9.19. The molecule has 0 aliphatic heterocycles. The number of hydrogen-bond donors (Lipinski definition) is 0. The molecule has 0 bridgehead atoms. The van der Waals surface area contributed by atoms with Crippen molar-refractivity contribution in [1.82, 2.24) is 0 Å². The predicted octanol–water partition coefficient (Wildman–Crippen LogP) is 4.56. The summed E-state index contributed by atoms with van der Waals surface area (Å²) in [6.45, 7) is 9.12. The Labute approximate surface area is 78.1 Å². The fraction of sp³-hybridized carbons (Fsp3) is 0.833. The third-order valence-electron chi connectivity index (χ3n) is 2.52. The van der Waals surface area contributed by atoms with Crippen molar-refractivity contribution in [3.63, 3.8) is 0 Å². The Morgan fingerprint density at radius 2 is 1.92 bits per heavy atom. The largest absolute Gasteiger partial charge is 0.0854 e. The van der Waals surface area contributed by atoms with E-state index in [4.69, 9.17) is 0 Å². The van der Waals surface area contributed by atoms with Crippen LogP contribution < -0.4 is 0 Å². The Hall–Kier alpha value is -0.260. The quantitative estimate of drug-likeness (QED) is 0.510. The first-order valence-corrected chi connectivity index (χ1v) is 5.39. The molecule has 0 radical (unpaired) electrons. The van der Waals surface area contributed by atoms with Gasteiger partial charge in [0.05, 0.1) is 0 Å². The average molecular weight is 168 g/mol. The van der Waals surface area contributed by atoms with Crippen molar-refractivity contribution in [2.75, 3.05) is 0 Å². The highest BCUT2D eigenvalue weighted by molar-refractivity contribution is 5.01. The SMILES string of the molecule is CCCC=C(C)C(C)CCCC. The summed E-state index contributed by atoms with van der Waals surface area (Å²) in [7, 11) is 0. The second-order valence-corrected chi connectivity index (χ2v) is 3.78. The van der Waals surface area contributed by atoms with Gasteiger partial charge in [-0.15, -0.1) is 0 Å². The Morgan fingerprint density at radius 1 is 1.25 bits per heavy atom. The summed E-state index contributed by atoms with van der Waals surface area (Å²) >= 11 is 0. The lowest BCUT2D eigenvalue weighted by Gasteiger charge is -2.11. The third kappa shape index (κ3) is 5.40. The molecular weight excluding hydrogens is 144 g/mol. The molecule has 1 atom stereocenters. The van der Waals surface area contributed by atoms with Gasteiger partial charge in [0.25, 0.3) is 0 Å². The van der Waals surface area contributed by atoms with Crippen molar-refractivity contribution < 1.29 is 0 Å². The van der Waals surface area contributed by atoms with E-state index in [0.29, 0.717) is 0 Å². The van der Waals surface area contributed by atoms with Crippen LogP contribution in [0.5, 0.6) is 0 Å². The molecule has 0 aromatic rings. The zero-order chi connectivity index (χ0) is 9.40. The van der Waals surface area contributed by atoms with Crippen LogP contribution in [0, 0.1) is 5.92 Å². The molecule has 72 valence electrons. The maximum Gasteiger partial charge on any atom is -0.0234 e. The molecule has 0 N–H and O–H groups in total. The van der Waals surface area contributed by atoms with Gasteiger partial charge in [-0.25, -0.2) is 0 Å². The summed E-state index contributed by atoms with van der Waals surface area (Å²) in [5.74, 6) is 0.802. The van der Waals surface area contributed by atoms with Crippen LogP contribution in [0.2, 0.25) is 0 Å². The van der Waals surface area contributed by atoms with Crippen LogP contribution in [0.4, 0.5) is 0 Å². The van der Waals surface area contributed by atoms with Gasteiger partial charge < -0.3 is 0 Å². The summed E-state index contributed by atoms with van der Waals surface area (Å²) in [6.07, 6.45) is 8.99. The Balaban J connectivity index is 3.66. The van der Waals surface area contributed by atoms with Gasteiger partial charge in [-0.2, -0.15) is 0 Å². The van der Waals surface area contributed by atoms with E-state index >= 15 is 0 Å². The molecule has 0 aromatic carbocycles. The fourth-order valence-corrected chi connectivity index (χ4v) is 1.31. The molecule has 0 heterocycles. The normalized spacial score (nSPS) is 14.8. The molecule has 0 aliphatic carbocycles. The summed E-state index contributed by atoms with van der Waals surface area (Å²) in [4.78, 5) is 0. The summed E-state index contributed by atoms with van der Waals surface area (Å²) in [5, 5.41) is 0. The molecule has 0 aliphatic rings. The molecule has 0 saturated heterocycles. The van der Waals surface area contributed by atoms with Crippen molar-refractivity contribution in [3.8, 4) is 0 Å². The van der Waals surface area contributed by atoms with Gasteiger partial charge in [0.15, 0.2) is 0 Å². The maximum absolute atomic E-state index is 2.40. The van der Waals surface area contributed by atoms with E-state index in [-0.39, 0.29) is 0 Å². The minimum Gasteiger partial charge on any atom is -0.0854 e. The van der Waals surface area contributed by atoms with Crippen LogP contribution in [0.15, 0.2) is 11.6 Å². The van der Waals surface area contributed by atoms with Gasteiger partial charge in [0.2, 0.25) is 0 Å². The molecule has 0 nitrogen and oxygen atoms in total. The van der Waals surface area contributed by atoms with Gasteiger partial charge in [-0.1, -0.05) is 51.7 Å². The highest BCUT2D eigenvalue weighted by Gasteiger charge is 2.01. The van der Waals surface area contributed by atoms with Crippen molar-refractivity contribution >= 4 is 0 Å². The maximum atomic E-state index is 2.40. The highest BCUT2D eigenvalue weighted by Crippen LogP contribution is 2.17. The molecule has 0 fully saturated rings. The summed E-state index contributed by atoms with van der Waals surface area (Å²) in [6, 6.07) is 0. The minimum atomic E-state index is 0.802. The van der Waals surface area contributed by atoms with Crippen molar-refractivity contribution in [2.45, 2.75) is 59.8 Å².